The summed E-state index contributed by atoms with van der Waals surface area (Å²) in [6.07, 6.45) is -3.12. The Labute approximate surface area is 103 Å². The summed E-state index contributed by atoms with van der Waals surface area (Å²) in [6.45, 7) is 0.795. The highest BCUT2D eigenvalue weighted by Crippen LogP contribution is 2.28. The maximum absolute atomic E-state index is 12.2. The number of alkyl halides is 3. The minimum Gasteiger partial charge on any atom is -0.480 e. The Bertz CT molecular complexity index is 294. The molecule has 7 heteroatoms. The third kappa shape index (κ3) is 4.13. The maximum Gasteiger partial charge on any atom is 0.401 e. The van der Waals surface area contributed by atoms with Gasteiger partial charge in [-0.3, -0.25) is 10.1 Å². The lowest BCUT2D eigenvalue weighted by Crippen LogP contribution is -2.59. The second-order valence-corrected chi connectivity index (χ2v) is 4.59. The SMILES string of the molecule is CCCC1CC(NCC(F)(F)F)(C(=O)O)CCO1. The van der Waals surface area contributed by atoms with E-state index >= 15 is 0 Å². The number of halogens is 3. The van der Waals surface area contributed by atoms with Crippen molar-refractivity contribution in [3.63, 3.8) is 0 Å². The van der Waals surface area contributed by atoms with E-state index in [1.165, 1.54) is 0 Å². The van der Waals surface area contributed by atoms with Gasteiger partial charge in [-0.05, 0) is 12.8 Å². The molecule has 1 aliphatic rings. The molecule has 0 aliphatic carbocycles. The van der Waals surface area contributed by atoms with Crippen LogP contribution in [0.5, 0.6) is 0 Å². The molecule has 2 atom stereocenters. The quantitative estimate of drug-likeness (QED) is 0.800. The fourth-order valence-electron chi connectivity index (χ4n) is 2.16. The number of rotatable bonds is 5. The highest BCUT2D eigenvalue weighted by atomic mass is 19.4. The van der Waals surface area contributed by atoms with Gasteiger partial charge in [-0.1, -0.05) is 13.3 Å². The normalized spacial score (nSPS) is 29.2. The van der Waals surface area contributed by atoms with Gasteiger partial charge in [0.15, 0.2) is 0 Å². The summed E-state index contributed by atoms with van der Waals surface area (Å²) in [5.74, 6) is -1.24. The van der Waals surface area contributed by atoms with E-state index in [1.807, 2.05) is 6.92 Å². The van der Waals surface area contributed by atoms with Gasteiger partial charge in [-0.25, -0.2) is 0 Å². The highest BCUT2D eigenvalue weighted by Gasteiger charge is 2.45. The van der Waals surface area contributed by atoms with Crippen molar-refractivity contribution >= 4 is 5.97 Å². The molecule has 1 aliphatic heterocycles. The average molecular weight is 269 g/mol. The van der Waals surface area contributed by atoms with Gasteiger partial charge in [-0.15, -0.1) is 0 Å². The molecular weight excluding hydrogens is 251 g/mol. The van der Waals surface area contributed by atoms with Crippen LogP contribution in [0.3, 0.4) is 0 Å². The summed E-state index contributed by atoms with van der Waals surface area (Å²) in [6, 6.07) is 0. The van der Waals surface area contributed by atoms with E-state index in [0.717, 1.165) is 6.42 Å². The predicted molar refractivity (Wildman–Crippen MR) is 58.3 cm³/mol. The van der Waals surface area contributed by atoms with Gasteiger partial charge >= 0.3 is 12.1 Å². The molecule has 0 saturated carbocycles. The van der Waals surface area contributed by atoms with E-state index in [1.54, 1.807) is 0 Å². The zero-order chi connectivity index (χ0) is 13.8. The summed E-state index contributed by atoms with van der Waals surface area (Å²) in [5.41, 5.74) is -1.52. The lowest BCUT2D eigenvalue weighted by atomic mass is 9.85. The minimum atomic E-state index is -4.42. The third-order valence-corrected chi connectivity index (χ3v) is 3.11. The van der Waals surface area contributed by atoms with Crippen LogP contribution in [0.4, 0.5) is 13.2 Å². The molecule has 106 valence electrons. The highest BCUT2D eigenvalue weighted by molar-refractivity contribution is 5.79. The first-order chi connectivity index (χ1) is 8.29. The second kappa shape index (κ2) is 5.88. The Morgan fingerprint density at radius 2 is 2.22 bits per heavy atom. The number of hydrogen-bond acceptors (Lipinski definition) is 3. The predicted octanol–water partition coefficient (Wildman–Crippen LogP) is 1.94. The molecule has 2 N–H and O–H groups in total. The van der Waals surface area contributed by atoms with Gasteiger partial charge in [0.25, 0.3) is 0 Å². The molecule has 0 amide bonds. The molecule has 0 bridgehead atoms. The average Bonchev–Trinajstić information content (AvgIpc) is 2.26. The van der Waals surface area contributed by atoms with E-state index in [2.05, 4.69) is 5.32 Å². The zero-order valence-corrected chi connectivity index (χ0v) is 10.2. The van der Waals surface area contributed by atoms with Gasteiger partial charge in [-0.2, -0.15) is 13.2 Å². The lowest BCUT2D eigenvalue weighted by Gasteiger charge is -2.38. The first kappa shape index (κ1) is 15.2. The van der Waals surface area contributed by atoms with Crippen LogP contribution < -0.4 is 5.32 Å². The molecule has 0 spiro atoms. The number of carboxylic acid groups (broad SMARTS) is 1. The zero-order valence-electron chi connectivity index (χ0n) is 10.2. The molecule has 1 saturated heterocycles. The Morgan fingerprint density at radius 1 is 1.56 bits per heavy atom. The van der Waals surface area contributed by atoms with Crippen LogP contribution in [0.2, 0.25) is 0 Å². The number of ether oxygens (including phenoxy) is 1. The van der Waals surface area contributed by atoms with Crippen molar-refractivity contribution in [2.45, 2.75) is 50.4 Å². The van der Waals surface area contributed by atoms with E-state index in [4.69, 9.17) is 4.74 Å². The molecule has 18 heavy (non-hydrogen) atoms. The van der Waals surface area contributed by atoms with Gasteiger partial charge in [0.05, 0.1) is 12.6 Å². The summed E-state index contributed by atoms with van der Waals surface area (Å²) in [7, 11) is 0. The Hall–Kier alpha value is -0.820. The van der Waals surface area contributed by atoms with Crippen molar-refractivity contribution in [1.29, 1.82) is 0 Å². The lowest BCUT2D eigenvalue weighted by molar-refractivity contribution is -0.159. The van der Waals surface area contributed by atoms with Crippen molar-refractivity contribution in [1.82, 2.24) is 5.32 Å². The van der Waals surface area contributed by atoms with E-state index in [-0.39, 0.29) is 25.6 Å². The Morgan fingerprint density at radius 3 is 2.72 bits per heavy atom. The Balaban J connectivity index is 2.70. The van der Waals surface area contributed by atoms with Gasteiger partial charge in [0.2, 0.25) is 0 Å². The van der Waals surface area contributed by atoms with E-state index in [9.17, 15) is 23.1 Å². The van der Waals surface area contributed by atoms with Gasteiger partial charge in [0.1, 0.15) is 5.54 Å². The van der Waals surface area contributed by atoms with Gasteiger partial charge in [0, 0.05) is 13.0 Å². The summed E-state index contributed by atoms with van der Waals surface area (Å²) in [5, 5.41) is 11.3. The van der Waals surface area contributed by atoms with Crippen molar-refractivity contribution in [2.24, 2.45) is 0 Å². The first-order valence-electron chi connectivity index (χ1n) is 5.96. The largest absolute Gasteiger partial charge is 0.480 e. The summed E-state index contributed by atoms with van der Waals surface area (Å²) < 4.78 is 42.0. The van der Waals surface area contributed by atoms with Crippen LogP contribution in [-0.2, 0) is 9.53 Å². The first-order valence-corrected chi connectivity index (χ1v) is 5.96. The van der Waals surface area contributed by atoms with E-state index in [0.29, 0.717) is 6.42 Å². The van der Waals surface area contributed by atoms with Crippen molar-refractivity contribution in [2.75, 3.05) is 13.2 Å². The van der Waals surface area contributed by atoms with Crippen LogP contribution in [-0.4, -0.2) is 42.0 Å². The standard InChI is InChI=1S/C11H18F3NO3/c1-2-3-8-6-10(9(16)17,4-5-18-8)15-7-11(12,13)14/h8,15H,2-7H2,1H3,(H,16,17). The van der Waals surface area contributed by atoms with Crippen LogP contribution >= 0.6 is 0 Å². The number of nitrogens with one attached hydrogen (secondary N) is 1. The third-order valence-electron chi connectivity index (χ3n) is 3.11. The smallest absolute Gasteiger partial charge is 0.401 e. The number of carboxylic acids is 1. The fourth-order valence-corrected chi connectivity index (χ4v) is 2.16. The monoisotopic (exact) mass is 269 g/mol. The molecule has 1 rings (SSSR count). The summed E-state index contributed by atoms with van der Waals surface area (Å²) >= 11 is 0. The fraction of sp³-hybridized carbons (Fsp3) is 0.909. The summed E-state index contributed by atoms with van der Waals surface area (Å²) in [4.78, 5) is 11.3. The van der Waals surface area contributed by atoms with Crippen LogP contribution in [0.15, 0.2) is 0 Å². The molecule has 2 unspecified atom stereocenters. The number of hydrogen-bond donors (Lipinski definition) is 2. The van der Waals surface area contributed by atoms with Crippen molar-refractivity contribution in [3.05, 3.63) is 0 Å². The second-order valence-electron chi connectivity index (χ2n) is 4.59. The van der Waals surface area contributed by atoms with Crippen molar-refractivity contribution in [3.8, 4) is 0 Å². The van der Waals surface area contributed by atoms with Crippen molar-refractivity contribution < 1.29 is 27.8 Å². The number of carbonyl (C=O) groups is 1. The maximum atomic E-state index is 12.2. The van der Waals surface area contributed by atoms with E-state index < -0.39 is 24.2 Å². The molecule has 0 aromatic rings. The van der Waals surface area contributed by atoms with Gasteiger partial charge < -0.3 is 9.84 Å². The molecule has 0 aromatic carbocycles. The molecule has 1 heterocycles. The Kier molecular flexibility index (Phi) is 4.98. The molecular formula is C11H18F3NO3. The van der Waals surface area contributed by atoms with Crippen LogP contribution in [0.25, 0.3) is 0 Å². The minimum absolute atomic E-state index is 0.0542. The topological polar surface area (TPSA) is 58.6 Å². The molecule has 4 nitrogen and oxygen atoms in total. The molecule has 1 fully saturated rings. The molecule has 0 radical (unpaired) electrons. The van der Waals surface area contributed by atoms with Crippen LogP contribution in [0, 0.1) is 0 Å². The van der Waals surface area contributed by atoms with Crippen LogP contribution in [0.1, 0.15) is 32.6 Å². The number of aliphatic carboxylic acids is 1. The molecule has 0 aromatic heterocycles.